The average Bonchev–Trinajstić information content (AvgIpc) is 2.33. The molecule has 16 heavy (non-hydrogen) atoms. The Balaban J connectivity index is 1.97. The maximum atomic E-state index is 9.08. The lowest BCUT2D eigenvalue weighted by molar-refractivity contribution is -0.0812. The van der Waals surface area contributed by atoms with Crippen LogP contribution in [0.4, 0.5) is 0 Å². The molecule has 2 heterocycles. The van der Waals surface area contributed by atoms with Crippen molar-refractivity contribution >= 4 is 0 Å². The third kappa shape index (κ3) is 2.75. The van der Waals surface area contributed by atoms with E-state index in [0.29, 0.717) is 19.2 Å². The van der Waals surface area contributed by atoms with E-state index in [1.165, 1.54) is 0 Å². The Labute approximate surface area is 95.1 Å². The van der Waals surface area contributed by atoms with E-state index in [1.807, 2.05) is 6.07 Å². The molecule has 1 aromatic heterocycles. The summed E-state index contributed by atoms with van der Waals surface area (Å²) in [5, 5.41) is 9.08. The van der Waals surface area contributed by atoms with E-state index in [-0.39, 0.29) is 12.7 Å². The first-order valence-corrected chi connectivity index (χ1v) is 5.52. The molecular formula is C11H17N3O2. The predicted octanol–water partition coefficient (Wildman–Crippen LogP) is 0.0582. The molecule has 2 atom stereocenters. The van der Waals surface area contributed by atoms with Gasteiger partial charge in [-0.15, -0.1) is 0 Å². The van der Waals surface area contributed by atoms with Crippen LogP contribution >= 0.6 is 0 Å². The van der Waals surface area contributed by atoms with Gasteiger partial charge >= 0.3 is 0 Å². The molecule has 1 aromatic rings. The van der Waals surface area contributed by atoms with E-state index in [1.54, 1.807) is 12.4 Å². The summed E-state index contributed by atoms with van der Waals surface area (Å²) in [6.45, 7) is 4.27. The van der Waals surface area contributed by atoms with Crippen LogP contribution in [0, 0.1) is 0 Å². The van der Waals surface area contributed by atoms with Crippen molar-refractivity contribution in [3.05, 3.63) is 24.3 Å². The van der Waals surface area contributed by atoms with Crippen LogP contribution in [0.25, 0.3) is 0 Å². The molecule has 0 spiro atoms. The van der Waals surface area contributed by atoms with Crippen molar-refractivity contribution in [3.8, 4) is 0 Å². The van der Waals surface area contributed by atoms with Gasteiger partial charge in [0.2, 0.25) is 0 Å². The number of aliphatic hydroxyl groups is 1. The van der Waals surface area contributed by atoms with Gasteiger partial charge in [-0.3, -0.25) is 4.90 Å². The molecule has 0 amide bonds. The molecule has 1 fully saturated rings. The Morgan fingerprint density at radius 3 is 2.94 bits per heavy atom. The molecule has 5 heteroatoms. The van der Waals surface area contributed by atoms with Crippen LogP contribution in [0.3, 0.4) is 0 Å². The molecule has 2 rings (SSSR count). The molecule has 88 valence electrons. The summed E-state index contributed by atoms with van der Waals surface area (Å²) in [5.74, 6) is 0.813. The van der Waals surface area contributed by atoms with Crippen molar-refractivity contribution in [3.63, 3.8) is 0 Å². The zero-order chi connectivity index (χ0) is 11.4. The van der Waals surface area contributed by atoms with Crippen LogP contribution in [0.2, 0.25) is 0 Å². The zero-order valence-electron chi connectivity index (χ0n) is 9.41. The molecule has 5 nitrogen and oxygen atoms in total. The van der Waals surface area contributed by atoms with E-state index >= 15 is 0 Å². The second-order valence-electron chi connectivity index (χ2n) is 4.08. The van der Waals surface area contributed by atoms with Gasteiger partial charge in [-0.2, -0.15) is 0 Å². The molecule has 0 aromatic carbocycles. The average molecular weight is 223 g/mol. The lowest BCUT2D eigenvalue weighted by atomic mass is 10.2. The topological polar surface area (TPSA) is 58.5 Å². The normalized spacial score (nSPS) is 26.9. The highest BCUT2D eigenvalue weighted by Crippen LogP contribution is 2.13. The number of nitrogens with zero attached hydrogens (tertiary/aromatic N) is 3. The van der Waals surface area contributed by atoms with Crippen LogP contribution in [-0.4, -0.2) is 51.9 Å². The highest BCUT2D eigenvalue weighted by molar-refractivity contribution is 4.90. The van der Waals surface area contributed by atoms with Gasteiger partial charge in [0.15, 0.2) is 0 Å². The first-order chi connectivity index (χ1) is 7.79. The van der Waals surface area contributed by atoms with Gasteiger partial charge < -0.3 is 9.84 Å². The second-order valence-corrected chi connectivity index (χ2v) is 4.08. The second kappa shape index (κ2) is 5.34. The number of hydrogen-bond donors (Lipinski definition) is 1. The summed E-state index contributed by atoms with van der Waals surface area (Å²) in [6.07, 6.45) is 3.41. The first kappa shape index (κ1) is 11.4. The lowest BCUT2D eigenvalue weighted by Crippen LogP contribution is -2.49. The molecule has 1 N–H and O–H groups in total. The summed E-state index contributed by atoms with van der Waals surface area (Å²) in [4.78, 5) is 10.6. The van der Waals surface area contributed by atoms with Crippen LogP contribution in [0.15, 0.2) is 18.5 Å². The van der Waals surface area contributed by atoms with Gasteiger partial charge in [-0.1, -0.05) is 0 Å². The SMILES string of the molecule is CC1COC(CO)CN1Cc1ncccn1. The van der Waals surface area contributed by atoms with E-state index < -0.39 is 0 Å². The highest BCUT2D eigenvalue weighted by atomic mass is 16.5. The maximum absolute atomic E-state index is 9.08. The van der Waals surface area contributed by atoms with Crippen molar-refractivity contribution < 1.29 is 9.84 Å². The predicted molar refractivity (Wildman–Crippen MR) is 58.7 cm³/mol. The van der Waals surface area contributed by atoms with E-state index in [4.69, 9.17) is 9.84 Å². The van der Waals surface area contributed by atoms with Crippen LogP contribution < -0.4 is 0 Å². The minimum Gasteiger partial charge on any atom is -0.394 e. The van der Waals surface area contributed by atoms with Gasteiger partial charge in [0.05, 0.1) is 25.9 Å². The molecule has 0 radical (unpaired) electrons. The molecule has 1 aliphatic rings. The summed E-state index contributed by atoms with van der Waals surface area (Å²) in [6, 6.07) is 2.15. The van der Waals surface area contributed by atoms with E-state index in [9.17, 15) is 0 Å². The number of rotatable bonds is 3. The third-order valence-corrected chi connectivity index (χ3v) is 2.80. The third-order valence-electron chi connectivity index (χ3n) is 2.80. The van der Waals surface area contributed by atoms with Crippen LogP contribution in [0.1, 0.15) is 12.7 Å². The fraction of sp³-hybridized carbons (Fsp3) is 0.636. The van der Waals surface area contributed by atoms with E-state index in [0.717, 1.165) is 12.4 Å². The molecule has 0 aliphatic carbocycles. The van der Waals surface area contributed by atoms with Gasteiger partial charge in [0, 0.05) is 25.0 Å². The summed E-state index contributed by atoms with van der Waals surface area (Å²) in [7, 11) is 0. The maximum Gasteiger partial charge on any atom is 0.142 e. The summed E-state index contributed by atoms with van der Waals surface area (Å²) in [5.41, 5.74) is 0. The Bertz CT molecular complexity index is 320. The van der Waals surface area contributed by atoms with E-state index in [2.05, 4.69) is 21.8 Å². The van der Waals surface area contributed by atoms with Crippen molar-refractivity contribution in [2.24, 2.45) is 0 Å². The minimum absolute atomic E-state index is 0.0683. The smallest absolute Gasteiger partial charge is 0.142 e. The Kier molecular flexibility index (Phi) is 3.82. The fourth-order valence-electron chi connectivity index (χ4n) is 1.80. The van der Waals surface area contributed by atoms with Gasteiger partial charge in [-0.05, 0) is 13.0 Å². The molecular weight excluding hydrogens is 206 g/mol. The quantitative estimate of drug-likeness (QED) is 0.785. The molecule has 2 unspecified atom stereocenters. The Morgan fingerprint density at radius 1 is 1.50 bits per heavy atom. The number of aromatic nitrogens is 2. The molecule has 0 saturated carbocycles. The molecule has 1 saturated heterocycles. The molecule has 1 aliphatic heterocycles. The first-order valence-electron chi connectivity index (χ1n) is 5.52. The van der Waals surface area contributed by atoms with Crippen molar-refractivity contribution in [2.75, 3.05) is 19.8 Å². The number of hydrogen-bond acceptors (Lipinski definition) is 5. The fourth-order valence-corrected chi connectivity index (χ4v) is 1.80. The van der Waals surface area contributed by atoms with Gasteiger partial charge in [0.25, 0.3) is 0 Å². The Hall–Kier alpha value is -1.04. The largest absolute Gasteiger partial charge is 0.394 e. The number of aliphatic hydroxyl groups excluding tert-OH is 1. The Morgan fingerprint density at radius 2 is 2.25 bits per heavy atom. The summed E-state index contributed by atoms with van der Waals surface area (Å²) < 4.78 is 5.47. The molecule has 0 bridgehead atoms. The zero-order valence-corrected chi connectivity index (χ0v) is 9.41. The van der Waals surface area contributed by atoms with Crippen LogP contribution in [-0.2, 0) is 11.3 Å². The van der Waals surface area contributed by atoms with Crippen LogP contribution in [0.5, 0.6) is 0 Å². The highest BCUT2D eigenvalue weighted by Gasteiger charge is 2.25. The monoisotopic (exact) mass is 223 g/mol. The van der Waals surface area contributed by atoms with Gasteiger partial charge in [0.1, 0.15) is 5.82 Å². The lowest BCUT2D eigenvalue weighted by Gasteiger charge is -2.36. The standard InChI is InChI=1S/C11H17N3O2/c1-9-8-16-10(7-15)5-14(9)6-11-12-3-2-4-13-11/h2-4,9-10,15H,5-8H2,1H3. The number of morpholine rings is 1. The van der Waals surface area contributed by atoms with Crippen molar-refractivity contribution in [2.45, 2.75) is 25.6 Å². The van der Waals surface area contributed by atoms with Crippen molar-refractivity contribution in [1.82, 2.24) is 14.9 Å². The number of ether oxygens (including phenoxy) is 1. The summed E-state index contributed by atoms with van der Waals surface area (Å²) >= 11 is 0. The van der Waals surface area contributed by atoms with Gasteiger partial charge in [-0.25, -0.2) is 9.97 Å². The van der Waals surface area contributed by atoms with Crippen molar-refractivity contribution in [1.29, 1.82) is 0 Å². The minimum atomic E-state index is -0.0834.